The molecule has 0 aromatic heterocycles. The number of halogens is 2. The lowest BCUT2D eigenvalue weighted by atomic mass is 9.87. The highest BCUT2D eigenvalue weighted by Crippen LogP contribution is 2.36. The molecule has 0 heterocycles. The average Bonchev–Trinajstić information content (AvgIpc) is 2.64. The molecule has 3 N–H and O–H groups in total. The lowest BCUT2D eigenvalue weighted by Crippen LogP contribution is -2.33. The van der Waals surface area contributed by atoms with Crippen LogP contribution in [0, 0.1) is 5.92 Å². The van der Waals surface area contributed by atoms with Crippen LogP contribution in [0.15, 0.2) is 22.7 Å². The van der Waals surface area contributed by atoms with E-state index in [9.17, 15) is 0 Å². The Morgan fingerprint density at radius 3 is 2.50 bits per heavy atom. The second-order valence-corrected chi connectivity index (χ2v) is 6.38. The predicted octanol–water partition coefficient (Wildman–Crippen LogP) is 4.58. The first-order valence-corrected chi connectivity index (χ1v) is 7.80. The van der Waals surface area contributed by atoms with E-state index >= 15 is 0 Å². The van der Waals surface area contributed by atoms with Crippen LogP contribution in [-0.2, 0) is 0 Å². The molecule has 0 bridgehead atoms. The molecular weight excluding hydrogens is 312 g/mol. The Balaban J connectivity index is 2.23. The molecule has 1 aliphatic rings. The minimum atomic E-state index is 0.160. The minimum Gasteiger partial charge on any atom is -0.271 e. The van der Waals surface area contributed by atoms with Gasteiger partial charge in [0.05, 0.1) is 6.04 Å². The molecule has 2 rings (SSSR count). The summed E-state index contributed by atoms with van der Waals surface area (Å²) in [5.41, 5.74) is 4.09. The van der Waals surface area contributed by atoms with E-state index in [-0.39, 0.29) is 6.04 Å². The Kier molecular flexibility index (Phi) is 5.49. The normalized spacial score (nSPS) is 19.5. The predicted molar refractivity (Wildman–Crippen MR) is 80.4 cm³/mol. The first-order chi connectivity index (χ1) is 8.72. The molecule has 2 nitrogen and oxygen atoms in total. The summed E-state index contributed by atoms with van der Waals surface area (Å²) in [7, 11) is 0. The number of rotatable bonds is 3. The Hall–Kier alpha value is -0.0900. The number of hydrogen-bond acceptors (Lipinski definition) is 2. The van der Waals surface area contributed by atoms with E-state index in [1.165, 1.54) is 38.5 Å². The van der Waals surface area contributed by atoms with Crippen molar-refractivity contribution in [3.05, 3.63) is 33.3 Å². The van der Waals surface area contributed by atoms with Gasteiger partial charge in [0.2, 0.25) is 0 Å². The summed E-state index contributed by atoms with van der Waals surface area (Å²) in [6.45, 7) is 0. The topological polar surface area (TPSA) is 38.0 Å². The SMILES string of the molecule is NNC(c1cc(Br)ccc1Cl)C1CCCCCC1. The molecule has 1 aromatic rings. The van der Waals surface area contributed by atoms with Gasteiger partial charge < -0.3 is 0 Å². The Labute approximate surface area is 122 Å². The number of nitrogens with one attached hydrogen (secondary N) is 1. The maximum absolute atomic E-state index is 6.31. The summed E-state index contributed by atoms with van der Waals surface area (Å²) in [5, 5.41) is 0.797. The molecule has 0 saturated heterocycles. The standard InChI is InChI=1S/C14H20BrClN2/c15-11-7-8-13(16)12(9-11)14(18-17)10-5-3-1-2-4-6-10/h7-10,14,18H,1-6,17H2. The molecule has 4 heteroatoms. The fourth-order valence-corrected chi connectivity index (χ4v) is 3.49. The highest BCUT2D eigenvalue weighted by Gasteiger charge is 2.25. The van der Waals surface area contributed by atoms with Crippen LogP contribution < -0.4 is 11.3 Å². The van der Waals surface area contributed by atoms with Gasteiger partial charge in [0.15, 0.2) is 0 Å². The van der Waals surface area contributed by atoms with Gasteiger partial charge in [0.1, 0.15) is 0 Å². The van der Waals surface area contributed by atoms with Crippen LogP contribution in [0.4, 0.5) is 0 Å². The van der Waals surface area contributed by atoms with Crippen LogP contribution in [0.5, 0.6) is 0 Å². The zero-order valence-corrected chi connectivity index (χ0v) is 12.8. The number of hydrazine groups is 1. The molecule has 18 heavy (non-hydrogen) atoms. The molecule has 1 fully saturated rings. The second-order valence-electron chi connectivity index (χ2n) is 5.06. The molecule has 1 atom stereocenters. The van der Waals surface area contributed by atoms with Crippen molar-refractivity contribution < 1.29 is 0 Å². The lowest BCUT2D eigenvalue weighted by Gasteiger charge is -2.26. The summed E-state index contributed by atoms with van der Waals surface area (Å²) in [6, 6.07) is 6.14. The van der Waals surface area contributed by atoms with Crippen molar-refractivity contribution in [2.24, 2.45) is 11.8 Å². The molecular formula is C14H20BrClN2. The van der Waals surface area contributed by atoms with E-state index in [0.29, 0.717) is 5.92 Å². The van der Waals surface area contributed by atoms with Crippen molar-refractivity contribution in [2.45, 2.75) is 44.6 Å². The maximum atomic E-state index is 6.31. The molecule has 1 aliphatic carbocycles. The summed E-state index contributed by atoms with van der Waals surface area (Å²) in [5.74, 6) is 6.37. The third kappa shape index (κ3) is 3.47. The van der Waals surface area contributed by atoms with Crippen molar-refractivity contribution >= 4 is 27.5 Å². The van der Waals surface area contributed by atoms with Crippen molar-refractivity contribution in [2.75, 3.05) is 0 Å². The van der Waals surface area contributed by atoms with Gasteiger partial charge in [-0.3, -0.25) is 11.3 Å². The van der Waals surface area contributed by atoms with Crippen LogP contribution in [0.3, 0.4) is 0 Å². The smallest absolute Gasteiger partial charge is 0.0503 e. The molecule has 0 aliphatic heterocycles. The van der Waals surface area contributed by atoms with E-state index in [4.69, 9.17) is 17.4 Å². The molecule has 0 radical (unpaired) electrons. The summed E-state index contributed by atoms with van der Waals surface area (Å²) >= 11 is 9.82. The van der Waals surface area contributed by atoms with Crippen molar-refractivity contribution in [1.29, 1.82) is 0 Å². The van der Waals surface area contributed by atoms with Gasteiger partial charge in [0.25, 0.3) is 0 Å². The average molecular weight is 332 g/mol. The fourth-order valence-electron chi connectivity index (χ4n) is 2.88. The van der Waals surface area contributed by atoms with Crippen molar-refractivity contribution in [3.8, 4) is 0 Å². The molecule has 1 saturated carbocycles. The summed E-state index contributed by atoms with van der Waals surface area (Å²) in [6.07, 6.45) is 7.76. The molecule has 0 spiro atoms. The summed E-state index contributed by atoms with van der Waals surface area (Å²) < 4.78 is 1.05. The first-order valence-electron chi connectivity index (χ1n) is 6.63. The van der Waals surface area contributed by atoms with Gasteiger partial charge in [0, 0.05) is 9.50 Å². The van der Waals surface area contributed by atoms with E-state index in [1.807, 2.05) is 12.1 Å². The third-order valence-corrected chi connectivity index (χ3v) is 4.68. The monoisotopic (exact) mass is 330 g/mol. The number of benzene rings is 1. The first kappa shape index (κ1) is 14.3. The number of nitrogens with two attached hydrogens (primary N) is 1. The Bertz CT molecular complexity index is 389. The van der Waals surface area contributed by atoms with Crippen molar-refractivity contribution in [3.63, 3.8) is 0 Å². The largest absolute Gasteiger partial charge is 0.271 e. The van der Waals surface area contributed by atoms with Crippen LogP contribution >= 0.6 is 27.5 Å². The van der Waals surface area contributed by atoms with Crippen LogP contribution in [0.25, 0.3) is 0 Å². The molecule has 1 unspecified atom stereocenters. The van der Waals surface area contributed by atoms with Gasteiger partial charge in [-0.2, -0.15) is 0 Å². The Morgan fingerprint density at radius 2 is 1.89 bits per heavy atom. The minimum absolute atomic E-state index is 0.160. The fraction of sp³-hybridized carbons (Fsp3) is 0.571. The van der Waals surface area contributed by atoms with Gasteiger partial charge >= 0.3 is 0 Å². The third-order valence-electron chi connectivity index (χ3n) is 3.84. The van der Waals surface area contributed by atoms with E-state index in [0.717, 1.165) is 15.1 Å². The number of hydrogen-bond donors (Lipinski definition) is 2. The van der Waals surface area contributed by atoms with E-state index < -0.39 is 0 Å². The quantitative estimate of drug-likeness (QED) is 0.483. The molecule has 0 amide bonds. The zero-order valence-electron chi connectivity index (χ0n) is 10.5. The van der Waals surface area contributed by atoms with E-state index in [2.05, 4.69) is 27.4 Å². The van der Waals surface area contributed by atoms with Crippen LogP contribution in [0.2, 0.25) is 5.02 Å². The highest BCUT2D eigenvalue weighted by atomic mass is 79.9. The van der Waals surface area contributed by atoms with Gasteiger partial charge in [-0.05, 0) is 42.5 Å². The maximum Gasteiger partial charge on any atom is 0.0503 e. The lowest BCUT2D eigenvalue weighted by molar-refractivity contribution is 0.329. The van der Waals surface area contributed by atoms with Crippen molar-refractivity contribution in [1.82, 2.24) is 5.43 Å². The molecule has 1 aromatic carbocycles. The highest BCUT2D eigenvalue weighted by molar-refractivity contribution is 9.10. The van der Waals surface area contributed by atoms with Gasteiger partial charge in [-0.25, -0.2) is 0 Å². The van der Waals surface area contributed by atoms with Gasteiger partial charge in [-0.15, -0.1) is 0 Å². The van der Waals surface area contributed by atoms with E-state index in [1.54, 1.807) is 0 Å². The van der Waals surface area contributed by atoms with Gasteiger partial charge in [-0.1, -0.05) is 53.2 Å². The summed E-state index contributed by atoms with van der Waals surface area (Å²) in [4.78, 5) is 0. The molecule has 100 valence electrons. The zero-order chi connectivity index (χ0) is 13.0. The second kappa shape index (κ2) is 6.90. The Morgan fingerprint density at radius 1 is 1.22 bits per heavy atom. The van der Waals surface area contributed by atoms with Crippen LogP contribution in [0.1, 0.15) is 50.1 Å². The van der Waals surface area contributed by atoms with Crippen LogP contribution in [-0.4, -0.2) is 0 Å².